The van der Waals surface area contributed by atoms with Gasteiger partial charge in [-0.2, -0.15) is 0 Å². The second kappa shape index (κ2) is 45.5. The summed E-state index contributed by atoms with van der Waals surface area (Å²) in [5.41, 5.74) is 33.2. The molecule has 7 atom stereocenters. The number of rotatable bonds is 15. The molecule has 2 aromatic heterocycles. The highest BCUT2D eigenvalue weighted by Gasteiger charge is 2.46. The van der Waals surface area contributed by atoms with Crippen LogP contribution in [-0.2, 0) is 17.6 Å². The number of furan rings is 2. The van der Waals surface area contributed by atoms with Gasteiger partial charge in [0.05, 0.1) is 17.9 Å². The number of anilines is 7. The Hall–Kier alpha value is -13.3. The Morgan fingerprint density at radius 2 is 0.664 bits per heavy atom. The number of fused-ring (bicyclic) bond motifs is 12. The molecule has 0 radical (unpaired) electrons. The van der Waals surface area contributed by atoms with Crippen molar-refractivity contribution in [1.82, 2.24) is 6.15 Å². The van der Waals surface area contributed by atoms with Gasteiger partial charge in [-0.1, -0.05) is 393 Å². The van der Waals surface area contributed by atoms with Crippen LogP contribution >= 0.6 is 0 Å². The van der Waals surface area contributed by atoms with Gasteiger partial charge in [0, 0.05) is 85.3 Å². The van der Waals surface area contributed by atoms with E-state index in [4.69, 9.17) is 13.6 Å². The van der Waals surface area contributed by atoms with E-state index in [0.29, 0.717) is 24.0 Å². The SMILES string of the molecule is C1CCC2C(C1)OC1CCCCC12.Cc1ccc(N(C)C2CCCC3CCCCC32)cc1.Cc1ccccc1.N.O.c1cc(-c2ccc(N(c3ccc(-c4cccc5c4oc4ccccc45)cc3)c3cccc4ccccc34)cc2)cc(C2CCCCC2)c1.c1ccc(-c2ccc(-c3ccc(N(c4ccc(-c5cccc6c5oc5ccccc56)cc4)c4ccc(C5CCCCC5)c5c4CCCC5)cc3)cc2)cc1. The van der Waals surface area contributed by atoms with Crippen LogP contribution in [0.4, 0.5) is 39.8 Å². The van der Waals surface area contributed by atoms with E-state index in [1.54, 1.807) is 16.7 Å². The van der Waals surface area contributed by atoms with Crippen molar-refractivity contribution < 1.29 is 19.0 Å². The van der Waals surface area contributed by atoms with Crippen molar-refractivity contribution in [3.63, 3.8) is 0 Å². The minimum atomic E-state index is 0. The summed E-state index contributed by atoms with van der Waals surface area (Å²) in [5, 5.41) is 7.07. The van der Waals surface area contributed by atoms with E-state index in [-0.39, 0.29) is 11.6 Å². The van der Waals surface area contributed by atoms with Gasteiger partial charge in [-0.25, -0.2) is 0 Å². The Labute approximate surface area is 848 Å². The van der Waals surface area contributed by atoms with Crippen molar-refractivity contribution in [1.29, 1.82) is 0 Å². The van der Waals surface area contributed by atoms with Gasteiger partial charge in [0.2, 0.25) is 0 Å². The molecule has 143 heavy (non-hydrogen) atoms. The minimum absolute atomic E-state index is 0. The van der Waals surface area contributed by atoms with Crippen LogP contribution in [0.5, 0.6) is 0 Å². The molecule has 16 aromatic carbocycles. The van der Waals surface area contributed by atoms with Gasteiger partial charge in [-0.05, 0) is 296 Å². The summed E-state index contributed by atoms with van der Waals surface area (Å²) in [6.45, 7) is 4.25. The standard InChI is InChI=1S/C52H45NO.C46H37NO.C18H27N.C12H20O.C7H8.H3N.H2O/c1-3-12-36(13-4-1)37-22-24-38(25-23-37)39-26-30-42(31-27-39)53(50-35-34-44(40-14-5-2-6-15-40)46-16-7-8-17-47(46)50)43-32-28-41(29-33-43)45-19-11-20-49-48-18-9-10-21-51(48)54-52(45)49;1-2-11-32(12-3-1)36-15-8-16-37(31-36)33-23-27-38(28-24-33)47(44-21-9-14-34-13-4-5-17-40(34)44)39-29-25-35(26-30-39)41-19-10-20-43-42-18-6-7-22-45(42)48-46(41)43;1-14-10-12-16(13-11-14)19(2)18-9-5-7-15-6-3-4-8-17(15)18;1-3-7-11-9(5-1)10-6-2-4-8-12(10)13-11;1-7-5-3-2-4-6-7;;/h1,3-4,9-13,18-35,40H,2,5-8,14-17H2;4-10,13-32H,1-3,11-12H2;10-13,15,17-18H,3-9H2,1-2H3;9-12H,1-8H2;2-6H,1H3;1H3;1H2. The molecule has 0 bridgehead atoms. The van der Waals surface area contributed by atoms with Crippen LogP contribution in [0.1, 0.15) is 219 Å². The number of para-hydroxylation sites is 4. The number of aryl methyl sites for hydroxylation is 2. The van der Waals surface area contributed by atoms with Crippen molar-refractivity contribution in [3.8, 4) is 55.6 Å². The number of hydrogen-bond acceptors (Lipinski definition) is 7. The number of hydrogen-bond donors (Lipinski definition) is 1. The Kier molecular flexibility index (Phi) is 30.9. The second-order valence-electron chi connectivity index (χ2n) is 41.9. The van der Waals surface area contributed by atoms with Crippen molar-refractivity contribution in [2.45, 2.75) is 230 Å². The van der Waals surface area contributed by atoms with Crippen LogP contribution in [0, 0.1) is 37.5 Å². The third-order valence-electron chi connectivity index (χ3n) is 33.2. The largest absolute Gasteiger partial charge is 0.455 e. The quantitative estimate of drug-likeness (QED) is 0.109. The summed E-state index contributed by atoms with van der Waals surface area (Å²) in [6.07, 6.45) is 41.3. The van der Waals surface area contributed by atoms with Gasteiger partial charge in [0.25, 0.3) is 0 Å². The van der Waals surface area contributed by atoms with Crippen molar-refractivity contribution in [2.24, 2.45) is 23.7 Å². The molecular formula is C135H142N4O4. The summed E-state index contributed by atoms with van der Waals surface area (Å²) in [5.74, 6) is 5.29. The smallest absolute Gasteiger partial charge is 0.143 e. The predicted molar refractivity (Wildman–Crippen MR) is 605 cm³/mol. The Morgan fingerprint density at radius 3 is 1.22 bits per heavy atom. The molecule has 8 aliphatic rings. The van der Waals surface area contributed by atoms with Gasteiger partial charge in [-0.3, -0.25) is 0 Å². The lowest BCUT2D eigenvalue weighted by molar-refractivity contribution is 0.00614. The van der Waals surface area contributed by atoms with Crippen molar-refractivity contribution in [3.05, 3.63) is 403 Å². The van der Waals surface area contributed by atoms with E-state index in [2.05, 4.69) is 369 Å². The summed E-state index contributed by atoms with van der Waals surface area (Å²) >= 11 is 0. The zero-order valence-corrected chi connectivity index (χ0v) is 84.2. The van der Waals surface area contributed by atoms with Crippen LogP contribution in [0.3, 0.4) is 0 Å². The summed E-state index contributed by atoms with van der Waals surface area (Å²) in [7, 11) is 2.31. The van der Waals surface area contributed by atoms with E-state index in [1.807, 2.05) is 36.4 Å². The summed E-state index contributed by atoms with van der Waals surface area (Å²) < 4.78 is 19.0. The van der Waals surface area contributed by atoms with Gasteiger partial charge in [-0.15, -0.1) is 0 Å². The van der Waals surface area contributed by atoms with Crippen LogP contribution in [0.2, 0.25) is 0 Å². The molecule has 7 unspecified atom stereocenters. The van der Waals surface area contributed by atoms with Crippen molar-refractivity contribution in [2.75, 3.05) is 21.7 Å². The normalized spacial score (nSPS) is 19.2. The molecule has 5 N–H and O–H groups in total. The first kappa shape index (κ1) is 97.1. The van der Waals surface area contributed by atoms with E-state index < -0.39 is 0 Å². The first-order valence-electron chi connectivity index (χ1n) is 53.9. The lowest BCUT2D eigenvalue weighted by Gasteiger charge is -2.46. The lowest BCUT2D eigenvalue weighted by atomic mass is 9.68. The average molecular weight is 1880 g/mol. The molecule has 7 aliphatic carbocycles. The molecule has 1 aliphatic heterocycles. The van der Waals surface area contributed by atoms with Crippen LogP contribution < -0.4 is 20.9 Å². The maximum Gasteiger partial charge on any atom is 0.143 e. The molecule has 726 valence electrons. The van der Waals surface area contributed by atoms with Crippen LogP contribution in [-0.4, -0.2) is 30.8 Å². The Morgan fingerprint density at radius 1 is 0.266 bits per heavy atom. The lowest BCUT2D eigenvalue weighted by Crippen LogP contribution is -2.45. The highest BCUT2D eigenvalue weighted by Crippen LogP contribution is 2.52. The molecule has 0 spiro atoms. The van der Waals surface area contributed by atoms with E-state index >= 15 is 0 Å². The topological polar surface area (TPSA) is 112 Å². The minimum Gasteiger partial charge on any atom is -0.455 e. The molecule has 18 aromatic rings. The maximum absolute atomic E-state index is 6.44. The fourth-order valence-corrected chi connectivity index (χ4v) is 25.9. The van der Waals surface area contributed by atoms with Crippen molar-refractivity contribution >= 4 is 94.5 Å². The van der Waals surface area contributed by atoms with E-state index in [0.717, 1.165) is 119 Å². The second-order valence-corrected chi connectivity index (χ2v) is 41.9. The molecule has 7 fully saturated rings. The van der Waals surface area contributed by atoms with Gasteiger partial charge >= 0.3 is 0 Å². The molecule has 1 saturated heterocycles. The van der Waals surface area contributed by atoms with Gasteiger partial charge in [0.15, 0.2) is 0 Å². The number of benzene rings is 16. The third-order valence-corrected chi connectivity index (χ3v) is 33.2. The predicted octanol–water partition coefficient (Wildman–Crippen LogP) is 37.8. The van der Waals surface area contributed by atoms with E-state index in [1.165, 1.54) is 263 Å². The average Bonchev–Trinajstić information content (AvgIpc) is 1.76. The van der Waals surface area contributed by atoms with Crippen LogP contribution in [0.25, 0.3) is 110 Å². The van der Waals surface area contributed by atoms with E-state index in [9.17, 15) is 0 Å². The zero-order valence-electron chi connectivity index (χ0n) is 84.2. The molecule has 8 heteroatoms. The maximum atomic E-state index is 6.44. The highest BCUT2D eigenvalue weighted by atomic mass is 16.5. The molecule has 0 amide bonds. The summed E-state index contributed by atoms with van der Waals surface area (Å²) in [6, 6.07) is 135. The van der Waals surface area contributed by atoms with Gasteiger partial charge in [0.1, 0.15) is 22.3 Å². The number of nitrogens with zero attached hydrogens (tertiary/aromatic N) is 3. The third kappa shape index (κ3) is 21.4. The molecule has 6 saturated carbocycles. The van der Waals surface area contributed by atoms with Gasteiger partial charge < -0.3 is 39.9 Å². The monoisotopic (exact) mass is 1880 g/mol. The zero-order chi connectivity index (χ0) is 94.7. The number of ether oxygens (including phenoxy) is 1. The Bertz CT molecular complexity index is 7190. The summed E-state index contributed by atoms with van der Waals surface area (Å²) in [4.78, 5) is 7.47. The molecule has 8 nitrogen and oxygen atoms in total. The Balaban J connectivity index is 0.000000126. The molecule has 26 rings (SSSR count). The fourth-order valence-electron chi connectivity index (χ4n) is 25.9. The molecular weight excluding hydrogens is 1740 g/mol. The first-order chi connectivity index (χ1) is 69.7. The van der Waals surface area contributed by atoms with Crippen LogP contribution in [0.15, 0.2) is 379 Å². The molecule has 3 heterocycles. The highest BCUT2D eigenvalue weighted by molar-refractivity contribution is 6.11. The fraction of sp³-hybridized carbons (Fsp3) is 0.304. The first-order valence-corrected chi connectivity index (χ1v) is 53.9.